The van der Waals surface area contributed by atoms with Crippen molar-refractivity contribution in [1.82, 2.24) is 9.97 Å². The van der Waals surface area contributed by atoms with Crippen LogP contribution in [0.2, 0.25) is 0 Å². The number of benzene rings is 8. The number of fused-ring (bicyclic) bond motifs is 4. The molecule has 0 bridgehead atoms. The normalized spacial score (nSPS) is 12.7. The van der Waals surface area contributed by atoms with Crippen LogP contribution in [0.5, 0.6) is 0 Å². The van der Waals surface area contributed by atoms with E-state index in [1.807, 2.05) is 18.2 Å². The van der Waals surface area contributed by atoms with Gasteiger partial charge in [0.2, 0.25) is 0 Å². The molecule has 2 heteroatoms. The highest BCUT2D eigenvalue weighted by atomic mass is 14.9. The molecular weight excluding hydrogens is 665 g/mol. The third kappa shape index (κ3) is 5.75. The van der Waals surface area contributed by atoms with Gasteiger partial charge in [0.05, 0.1) is 11.4 Å². The molecule has 10 rings (SSSR count). The topological polar surface area (TPSA) is 25.8 Å². The van der Waals surface area contributed by atoms with Crippen LogP contribution in [0.4, 0.5) is 0 Å². The van der Waals surface area contributed by atoms with Gasteiger partial charge in [-0.2, -0.15) is 0 Å². The molecule has 1 aliphatic rings. The predicted octanol–water partition coefficient (Wildman–Crippen LogP) is 13.9. The number of aromatic nitrogens is 2. The molecule has 1 aromatic heterocycles. The monoisotopic (exact) mass is 702 g/mol. The summed E-state index contributed by atoms with van der Waals surface area (Å²) < 4.78 is 0. The second-order valence-corrected chi connectivity index (χ2v) is 15.0. The highest BCUT2D eigenvalue weighted by Gasteiger charge is 2.37. The summed E-state index contributed by atoms with van der Waals surface area (Å²) in [4.78, 5) is 10.5. The summed E-state index contributed by atoms with van der Waals surface area (Å²) in [5.41, 5.74) is 17.3. The molecule has 0 aliphatic heterocycles. The summed E-state index contributed by atoms with van der Waals surface area (Å²) in [6.45, 7) is 4.71. The van der Waals surface area contributed by atoms with E-state index in [9.17, 15) is 0 Å². The molecule has 0 saturated heterocycles. The van der Waals surface area contributed by atoms with Gasteiger partial charge in [0.25, 0.3) is 0 Å². The van der Waals surface area contributed by atoms with Gasteiger partial charge in [0.15, 0.2) is 5.82 Å². The minimum absolute atomic E-state index is 0.0910. The molecule has 0 atom stereocenters. The molecule has 2 nitrogen and oxygen atoms in total. The van der Waals surface area contributed by atoms with Gasteiger partial charge in [-0.3, -0.25) is 0 Å². The molecule has 0 fully saturated rings. The number of nitrogens with zero attached hydrogens (tertiary/aromatic N) is 2. The van der Waals surface area contributed by atoms with E-state index in [4.69, 9.17) is 9.97 Å². The fourth-order valence-electron chi connectivity index (χ4n) is 8.42. The molecule has 8 aromatic carbocycles. The van der Waals surface area contributed by atoms with E-state index in [1.54, 1.807) is 0 Å². The van der Waals surface area contributed by atoms with Crippen LogP contribution >= 0.6 is 0 Å². The Labute approximate surface area is 322 Å². The van der Waals surface area contributed by atoms with Crippen LogP contribution in [0.15, 0.2) is 194 Å². The standard InChI is InChI=1S/C53H38N2/c1-53(2)47-24-14-23-44(51(47)46-32-40-21-12-13-22-41(40)33-48(46)53)37-25-27-38(28-26-37)49-34-50(55-52(54-49)39-19-10-5-11-20-39)45-31-42(35-15-6-3-7-16-35)29-30-43(45)36-17-8-4-9-18-36/h3-34H,1-2H3. The minimum Gasteiger partial charge on any atom is -0.228 e. The van der Waals surface area contributed by atoms with Gasteiger partial charge in [-0.25, -0.2) is 9.97 Å². The SMILES string of the molecule is CC1(C)c2cc3ccccc3cc2-c2c(-c3ccc(-c4cc(-c5cc(-c6ccccc6)ccc5-c5ccccc5)nc(-c5ccccc5)n4)cc3)cccc21. The smallest absolute Gasteiger partial charge is 0.160 e. The molecule has 260 valence electrons. The maximum absolute atomic E-state index is 5.27. The summed E-state index contributed by atoms with van der Waals surface area (Å²) in [6.07, 6.45) is 0. The van der Waals surface area contributed by atoms with E-state index in [0.717, 1.165) is 44.8 Å². The fraction of sp³-hybridized carbons (Fsp3) is 0.0566. The summed E-state index contributed by atoms with van der Waals surface area (Å²) >= 11 is 0. The van der Waals surface area contributed by atoms with Crippen LogP contribution in [0.1, 0.15) is 25.0 Å². The van der Waals surface area contributed by atoms with E-state index in [-0.39, 0.29) is 5.41 Å². The van der Waals surface area contributed by atoms with Crippen LogP contribution in [0.25, 0.3) is 89.2 Å². The Morgan fingerprint density at radius 1 is 0.327 bits per heavy atom. The van der Waals surface area contributed by atoms with Gasteiger partial charge in [0, 0.05) is 22.1 Å². The molecule has 0 radical (unpaired) electrons. The lowest BCUT2D eigenvalue weighted by molar-refractivity contribution is 0.661. The minimum atomic E-state index is -0.0910. The van der Waals surface area contributed by atoms with Crippen LogP contribution in [-0.2, 0) is 5.41 Å². The summed E-state index contributed by atoms with van der Waals surface area (Å²) in [5.74, 6) is 0.702. The molecule has 55 heavy (non-hydrogen) atoms. The predicted molar refractivity (Wildman–Crippen MR) is 230 cm³/mol. The third-order valence-corrected chi connectivity index (χ3v) is 11.3. The lowest BCUT2D eigenvalue weighted by Gasteiger charge is -2.22. The highest BCUT2D eigenvalue weighted by molar-refractivity contribution is 5.98. The molecule has 0 amide bonds. The fourth-order valence-corrected chi connectivity index (χ4v) is 8.42. The highest BCUT2D eigenvalue weighted by Crippen LogP contribution is 2.53. The van der Waals surface area contributed by atoms with Crippen LogP contribution in [0, 0.1) is 0 Å². The van der Waals surface area contributed by atoms with Crippen molar-refractivity contribution in [3.63, 3.8) is 0 Å². The average molecular weight is 703 g/mol. The lowest BCUT2D eigenvalue weighted by Crippen LogP contribution is -2.14. The molecule has 1 aliphatic carbocycles. The lowest BCUT2D eigenvalue weighted by atomic mass is 9.81. The van der Waals surface area contributed by atoms with Gasteiger partial charge in [0.1, 0.15) is 0 Å². The Morgan fingerprint density at radius 3 is 1.60 bits per heavy atom. The molecule has 1 heterocycles. The van der Waals surface area contributed by atoms with Gasteiger partial charge < -0.3 is 0 Å². The first-order valence-electron chi connectivity index (χ1n) is 19.0. The molecule has 9 aromatic rings. The molecule has 0 unspecified atom stereocenters. The van der Waals surface area contributed by atoms with Crippen LogP contribution in [0.3, 0.4) is 0 Å². The first-order valence-corrected chi connectivity index (χ1v) is 19.0. The molecule has 0 saturated carbocycles. The van der Waals surface area contributed by atoms with E-state index in [1.165, 1.54) is 49.7 Å². The van der Waals surface area contributed by atoms with Crippen molar-refractivity contribution in [2.24, 2.45) is 0 Å². The summed E-state index contributed by atoms with van der Waals surface area (Å²) in [7, 11) is 0. The Balaban J connectivity index is 1.12. The molecular formula is C53H38N2. The first kappa shape index (κ1) is 32.7. The van der Waals surface area contributed by atoms with Crippen molar-refractivity contribution < 1.29 is 0 Å². The Bertz CT molecular complexity index is 2860. The number of hydrogen-bond acceptors (Lipinski definition) is 2. The van der Waals surface area contributed by atoms with Crippen molar-refractivity contribution in [2.75, 3.05) is 0 Å². The van der Waals surface area contributed by atoms with Crippen molar-refractivity contribution in [2.45, 2.75) is 19.3 Å². The van der Waals surface area contributed by atoms with Gasteiger partial charge >= 0.3 is 0 Å². The van der Waals surface area contributed by atoms with Gasteiger partial charge in [-0.15, -0.1) is 0 Å². The second-order valence-electron chi connectivity index (χ2n) is 15.0. The van der Waals surface area contributed by atoms with Crippen molar-refractivity contribution in [3.05, 3.63) is 205 Å². The zero-order chi connectivity index (χ0) is 36.9. The zero-order valence-electron chi connectivity index (χ0n) is 30.9. The average Bonchev–Trinajstić information content (AvgIpc) is 3.48. The molecule has 0 spiro atoms. The summed E-state index contributed by atoms with van der Waals surface area (Å²) in [6, 6.07) is 69.5. The van der Waals surface area contributed by atoms with Gasteiger partial charge in [-0.1, -0.05) is 184 Å². The van der Waals surface area contributed by atoms with E-state index in [0.29, 0.717) is 5.82 Å². The zero-order valence-corrected chi connectivity index (χ0v) is 30.9. The van der Waals surface area contributed by atoms with E-state index < -0.39 is 0 Å². The van der Waals surface area contributed by atoms with Crippen LogP contribution < -0.4 is 0 Å². The van der Waals surface area contributed by atoms with E-state index >= 15 is 0 Å². The van der Waals surface area contributed by atoms with Crippen molar-refractivity contribution in [3.8, 4) is 78.4 Å². The van der Waals surface area contributed by atoms with Crippen molar-refractivity contribution >= 4 is 10.8 Å². The molecule has 0 N–H and O–H groups in total. The maximum Gasteiger partial charge on any atom is 0.160 e. The number of hydrogen-bond donors (Lipinski definition) is 0. The first-order chi connectivity index (χ1) is 27.0. The van der Waals surface area contributed by atoms with Crippen LogP contribution in [-0.4, -0.2) is 9.97 Å². The second kappa shape index (κ2) is 13.2. The Hall–Kier alpha value is -6.90. The Kier molecular flexibility index (Phi) is 7.85. The largest absolute Gasteiger partial charge is 0.228 e. The quantitative estimate of drug-likeness (QED) is 0.172. The summed E-state index contributed by atoms with van der Waals surface area (Å²) in [5, 5.41) is 2.56. The van der Waals surface area contributed by atoms with E-state index in [2.05, 4.69) is 190 Å². The number of rotatable bonds is 6. The maximum atomic E-state index is 5.27. The Morgan fingerprint density at radius 2 is 0.891 bits per heavy atom. The van der Waals surface area contributed by atoms with Crippen molar-refractivity contribution in [1.29, 1.82) is 0 Å². The third-order valence-electron chi connectivity index (χ3n) is 11.3. The van der Waals surface area contributed by atoms with Gasteiger partial charge in [-0.05, 0) is 90.7 Å².